The van der Waals surface area contributed by atoms with Crippen molar-refractivity contribution in [1.29, 1.82) is 0 Å². The zero-order valence-electron chi connectivity index (χ0n) is 18.1. The number of aryl methyl sites for hydroxylation is 1. The molecule has 0 atom stereocenters. The molecule has 1 fully saturated rings. The van der Waals surface area contributed by atoms with Crippen LogP contribution in [-0.2, 0) is 16.1 Å². The molecule has 7 heteroatoms. The van der Waals surface area contributed by atoms with Crippen molar-refractivity contribution < 1.29 is 9.59 Å². The van der Waals surface area contributed by atoms with Gasteiger partial charge in [-0.3, -0.25) is 9.59 Å². The average Bonchev–Trinajstić information content (AvgIpc) is 3.21. The van der Waals surface area contributed by atoms with Crippen LogP contribution in [-0.4, -0.2) is 51.4 Å². The second-order valence-electron chi connectivity index (χ2n) is 8.79. The summed E-state index contributed by atoms with van der Waals surface area (Å²) in [7, 11) is 0. The van der Waals surface area contributed by atoms with Crippen molar-refractivity contribution >= 4 is 23.2 Å². The first-order valence-corrected chi connectivity index (χ1v) is 10.8. The van der Waals surface area contributed by atoms with E-state index >= 15 is 0 Å². The van der Waals surface area contributed by atoms with E-state index in [1.807, 2.05) is 40.3 Å². The summed E-state index contributed by atoms with van der Waals surface area (Å²) in [5, 5.41) is 3.69. The molecule has 1 aromatic carbocycles. The van der Waals surface area contributed by atoms with Gasteiger partial charge in [-0.1, -0.05) is 26.0 Å². The van der Waals surface area contributed by atoms with Crippen LogP contribution in [0, 0.1) is 0 Å². The number of amides is 2. The van der Waals surface area contributed by atoms with Crippen LogP contribution < -0.4 is 10.2 Å². The maximum atomic E-state index is 12.8. The molecule has 1 spiro atoms. The van der Waals surface area contributed by atoms with E-state index in [2.05, 4.69) is 28.7 Å². The minimum atomic E-state index is -0.175. The molecule has 2 aliphatic heterocycles. The minimum absolute atomic E-state index is 0.0584. The third kappa shape index (κ3) is 3.93. The highest BCUT2D eigenvalue weighted by molar-refractivity contribution is 5.96. The quantitative estimate of drug-likeness (QED) is 0.842. The monoisotopic (exact) mass is 409 g/mol. The SMILES string of the molecule is CC(=O)N1CC2(CCN(C(=O)CCn3ccnc3C(C)C)CC2)Nc2ccccc21. The van der Waals surface area contributed by atoms with Gasteiger partial charge < -0.3 is 19.7 Å². The van der Waals surface area contributed by atoms with Gasteiger partial charge in [-0.25, -0.2) is 4.98 Å². The molecule has 1 N–H and O–H groups in total. The van der Waals surface area contributed by atoms with E-state index in [0.29, 0.717) is 38.5 Å². The molecule has 0 aliphatic carbocycles. The number of fused-ring (bicyclic) bond motifs is 1. The maximum absolute atomic E-state index is 12.8. The highest BCUT2D eigenvalue weighted by Crippen LogP contribution is 2.39. The first-order chi connectivity index (χ1) is 14.4. The molecule has 2 amide bonds. The Balaban J connectivity index is 1.38. The fraction of sp³-hybridized carbons (Fsp3) is 0.522. The van der Waals surface area contributed by atoms with Gasteiger partial charge >= 0.3 is 0 Å². The number of aromatic nitrogens is 2. The Labute approximate surface area is 178 Å². The zero-order valence-corrected chi connectivity index (χ0v) is 18.1. The Morgan fingerprint density at radius 2 is 1.93 bits per heavy atom. The molecule has 0 radical (unpaired) electrons. The molecule has 4 rings (SSSR count). The molecule has 7 nitrogen and oxygen atoms in total. The average molecular weight is 410 g/mol. The number of rotatable bonds is 4. The van der Waals surface area contributed by atoms with E-state index in [4.69, 9.17) is 0 Å². The molecule has 0 unspecified atom stereocenters. The predicted octanol–water partition coefficient (Wildman–Crippen LogP) is 3.24. The number of carbonyl (C=O) groups is 2. The predicted molar refractivity (Wildman–Crippen MR) is 118 cm³/mol. The van der Waals surface area contributed by atoms with Crippen LogP contribution in [0.1, 0.15) is 51.8 Å². The van der Waals surface area contributed by atoms with Crippen molar-refractivity contribution in [2.75, 3.05) is 29.9 Å². The van der Waals surface area contributed by atoms with Gasteiger partial charge in [0.25, 0.3) is 0 Å². The van der Waals surface area contributed by atoms with Gasteiger partial charge in [-0.2, -0.15) is 0 Å². The topological polar surface area (TPSA) is 70.5 Å². The van der Waals surface area contributed by atoms with Gasteiger partial charge in [-0.15, -0.1) is 0 Å². The van der Waals surface area contributed by atoms with Gasteiger partial charge in [0.2, 0.25) is 11.8 Å². The molecule has 0 saturated carbocycles. The number of benzene rings is 1. The molecular formula is C23H31N5O2. The Bertz CT molecular complexity index is 927. The van der Waals surface area contributed by atoms with Crippen molar-refractivity contribution in [3.05, 3.63) is 42.5 Å². The normalized spacial score (nSPS) is 17.7. The zero-order chi connectivity index (χ0) is 21.3. The molecule has 3 heterocycles. The Morgan fingerprint density at radius 3 is 2.63 bits per heavy atom. The summed E-state index contributed by atoms with van der Waals surface area (Å²) in [4.78, 5) is 33.3. The smallest absolute Gasteiger partial charge is 0.224 e. The van der Waals surface area contributed by atoms with Crippen molar-refractivity contribution in [2.24, 2.45) is 0 Å². The van der Waals surface area contributed by atoms with Crippen LogP contribution in [0.4, 0.5) is 11.4 Å². The first-order valence-electron chi connectivity index (χ1n) is 10.8. The van der Waals surface area contributed by atoms with Crippen LogP contribution in [0.5, 0.6) is 0 Å². The fourth-order valence-corrected chi connectivity index (χ4v) is 4.66. The minimum Gasteiger partial charge on any atom is -0.376 e. The Kier molecular flexibility index (Phi) is 5.54. The molecule has 160 valence electrons. The number of hydrogen-bond donors (Lipinski definition) is 1. The molecule has 1 aromatic heterocycles. The molecule has 2 aliphatic rings. The van der Waals surface area contributed by atoms with Gasteiger partial charge in [0, 0.05) is 57.8 Å². The summed E-state index contributed by atoms with van der Waals surface area (Å²) >= 11 is 0. The van der Waals surface area contributed by atoms with Crippen LogP contribution in [0.3, 0.4) is 0 Å². The Hall–Kier alpha value is -2.83. The van der Waals surface area contributed by atoms with Gasteiger partial charge in [-0.05, 0) is 25.0 Å². The molecule has 30 heavy (non-hydrogen) atoms. The van der Waals surface area contributed by atoms with E-state index in [-0.39, 0.29) is 17.4 Å². The second kappa shape index (κ2) is 8.13. The number of hydrogen-bond acceptors (Lipinski definition) is 4. The van der Waals surface area contributed by atoms with Crippen molar-refractivity contribution in [3.63, 3.8) is 0 Å². The van der Waals surface area contributed by atoms with Gasteiger partial charge in [0.15, 0.2) is 0 Å². The highest BCUT2D eigenvalue weighted by atomic mass is 16.2. The first kappa shape index (κ1) is 20.4. The number of carbonyl (C=O) groups excluding carboxylic acids is 2. The number of piperidine rings is 1. The third-order valence-electron chi connectivity index (χ3n) is 6.34. The Morgan fingerprint density at radius 1 is 1.20 bits per heavy atom. The van der Waals surface area contributed by atoms with E-state index in [1.54, 1.807) is 13.1 Å². The van der Waals surface area contributed by atoms with Crippen molar-refractivity contribution in [2.45, 2.75) is 58.0 Å². The third-order valence-corrected chi connectivity index (χ3v) is 6.34. The van der Waals surface area contributed by atoms with E-state index in [0.717, 1.165) is 30.0 Å². The van der Waals surface area contributed by atoms with E-state index in [9.17, 15) is 9.59 Å². The summed E-state index contributed by atoms with van der Waals surface area (Å²) in [5.74, 6) is 1.61. The lowest BCUT2D eigenvalue weighted by molar-refractivity contribution is -0.133. The molecule has 1 saturated heterocycles. The number of nitrogens with one attached hydrogen (secondary N) is 1. The summed E-state index contributed by atoms with van der Waals surface area (Å²) in [6.07, 6.45) is 5.91. The van der Waals surface area contributed by atoms with Crippen LogP contribution in [0.2, 0.25) is 0 Å². The largest absolute Gasteiger partial charge is 0.376 e. The maximum Gasteiger partial charge on any atom is 0.224 e. The number of imidazole rings is 1. The van der Waals surface area contributed by atoms with Gasteiger partial charge in [0.1, 0.15) is 5.82 Å². The lowest BCUT2D eigenvalue weighted by atomic mass is 9.84. The molecule has 2 aromatic rings. The number of para-hydroxylation sites is 2. The fourth-order valence-electron chi connectivity index (χ4n) is 4.66. The number of likely N-dealkylation sites (tertiary alicyclic amines) is 1. The summed E-state index contributed by atoms with van der Waals surface area (Å²) < 4.78 is 2.08. The summed E-state index contributed by atoms with van der Waals surface area (Å²) in [6.45, 7) is 8.58. The van der Waals surface area contributed by atoms with Crippen LogP contribution in [0.25, 0.3) is 0 Å². The summed E-state index contributed by atoms with van der Waals surface area (Å²) in [6, 6.07) is 7.96. The van der Waals surface area contributed by atoms with E-state index < -0.39 is 0 Å². The lowest BCUT2D eigenvalue weighted by Gasteiger charge is -2.49. The summed E-state index contributed by atoms with van der Waals surface area (Å²) in [5.41, 5.74) is 1.77. The van der Waals surface area contributed by atoms with Crippen LogP contribution >= 0.6 is 0 Å². The number of nitrogens with zero attached hydrogens (tertiary/aromatic N) is 4. The van der Waals surface area contributed by atoms with Gasteiger partial charge in [0.05, 0.1) is 16.9 Å². The number of anilines is 2. The van der Waals surface area contributed by atoms with Crippen molar-refractivity contribution in [1.82, 2.24) is 14.5 Å². The van der Waals surface area contributed by atoms with E-state index in [1.165, 1.54) is 0 Å². The lowest BCUT2D eigenvalue weighted by Crippen LogP contribution is -2.59. The standard InChI is InChI=1S/C23H31N5O2/c1-17(2)22-24-11-15-27(22)12-8-21(30)26-13-9-23(10-14-26)16-28(18(3)29)20-7-5-4-6-19(20)25-23/h4-7,11,15,17,25H,8-10,12-14,16H2,1-3H3. The van der Waals surface area contributed by atoms with Crippen LogP contribution in [0.15, 0.2) is 36.7 Å². The van der Waals surface area contributed by atoms with Crippen molar-refractivity contribution in [3.8, 4) is 0 Å². The second-order valence-corrected chi connectivity index (χ2v) is 8.79. The molecule has 0 bridgehead atoms. The highest BCUT2D eigenvalue weighted by Gasteiger charge is 2.41. The molecular weight excluding hydrogens is 378 g/mol.